The van der Waals surface area contributed by atoms with Crippen molar-refractivity contribution in [2.75, 3.05) is 0 Å². The Morgan fingerprint density at radius 3 is 2.44 bits per heavy atom. The van der Waals surface area contributed by atoms with E-state index in [2.05, 4.69) is 0 Å². The third kappa shape index (κ3) is 4.87. The Kier molecular flexibility index (Phi) is 3.51. The van der Waals surface area contributed by atoms with Gasteiger partial charge >= 0.3 is 0 Å². The lowest BCUT2D eigenvalue weighted by Crippen LogP contribution is -1.92. The molecule has 3 heteroatoms. The monoisotopic (exact) mass is 130 g/mol. The second-order valence-electron chi connectivity index (χ2n) is 1.72. The molecule has 0 aromatic rings. The maximum Gasteiger partial charge on any atom is 0.277 e. The van der Waals surface area contributed by atoms with Crippen LogP contribution in [0.3, 0.4) is 0 Å². The van der Waals surface area contributed by atoms with E-state index in [1.807, 2.05) is 6.92 Å². The standard InChI is InChI=1S/C6H10O3/c1-2-3-5(7)4-6(8)9/h4,8-9H,2-3H2,1H3. The molecule has 0 fully saturated rings. The Bertz CT molecular complexity index is 122. The van der Waals surface area contributed by atoms with Crippen LogP contribution >= 0.6 is 0 Å². The zero-order valence-electron chi connectivity index (χ0n) is 5.29. The van der Waals surface area contributed by atoms with E-state index in [4.69, 9.17) is 10.2 Å². The summed E-state index contributed by atoms with van der Waals surface area (Å²) in [6.45, 7) is 1.85. The molecule has 3 nitrogen and oxygen atoms in total. The smallest absolute Gasteiger partial charge is 0.277 e. The maximum absolute atomic E-state index is 10.5. The van der Waals surface area contributed by atoms with Gasteiger partial charge in [0.25, 0.3) is 5.95 Å². The Balaban J connectivity index is 3.63. The average molecular weight is 130 g/mol. The molecule has 0 aromatic heterocycles. The minimum Gasteiger partial charge on any atom is -0.481 e. The first-order chi connectivity index (χ1) is 4.16. The molecule has 0 aliphatic rings. The number of rotatable bonds is 3. The van der Waals surface area contributed by atoms with Gasteiger partial charge in [-0.05, 0) is 6.42 Å². The van der Waals surface area contributed by atoms with Gasteiger partial charge in [-0.25, -0.2) is 0 Å². The van der Waals surface area contributed by atoms with E-state index in [9.17, 15) is 4.79 Å². The van der Waals surface area contributed by atoms with Crippen molar-refractivity contribution in [3.8, 4) is 0 Å². The van der Waals surface area contributed by atoms with Crippen molar-refractivity contribution in [1.29, 1.82) is 0 Å². The SMILES string of the molecule is CCCC(=O)C=C(O)O. The number of aliphatic hydroxyl groups excluding tert-OH is 1. The van der Waals surface area contributed by atoms with Gasteiger partial charge in [-0.1, -0.05) is 6.92 Å². The molecule has 0 atom stereocenters. The predicted octanol–water partition coefficient (Wildman–Crippen LogP) is 1.31. The summed E-state index contributed by atoms with van der Waals surface area (Å²) in [5.74, 6) is -1.16. The Morgan fingerprint density at radius 2 is 2.11 bits per heavy atom. The van der Waals surface area contributed by atoms with Crippen LogP contribution in [-0.2, 0) is 4.79 Å². The van der Waals surface area contributed by atoms with Crippen LogP contribution in [0.1, 0.15) is 19.8 Å². The van der Waals surface area contributed by atoms with Gasteiger partial charge < -0.3 is 10.2 Å². The van der Waals surface area contributed by atoms with Crippen LogP contribution in [0.25, 0.3) is 0 Å². The van der Waals surface area contributed by atoms with Crippen LogP contribution in [0.5, 0.6) is 0 Å². The summed E-state index contributed by atoms with van der Waals surface area (Å²) in [7, 11) is 0. The van der Waals surface area contributed by atoms with Gasteiger partial charge in [0.1, 0.15) is 0 Å². The number of ketones is 1. The van der Waals surface area contributed by atoms with Crippen molar-refractivity contribution in [2.24, 2.45) is 0 Å². The summed E-state index contributed by atoms with van der Waals surface area (Å²) in [5, 5.41) is 16.3. The van der Waals surface area contributed by atoms with E-state index in [0.29, 0.717) is 6.42 Å². The maximum atomic E-state index is 10.5. The van der Waals surface area contributed by atoms with E-state index in [-0.39, 0.29) is 5.78 Å². The van der Waals surface area contributed by atoms with Crippen LogP contribution in [0.15, 0.2) is 12.0 Å². The van der Waals surface area contributed by atoms with Crippen LogP contribution < -0.4 is 0 Å². The largest absolute Gasteiger partial charge is 0.481 e. The molecule has 2 N–H and O–H groups in total. The fourth-order valence-corrected chi connectivity index (χ4v) is 0.463. The molecule has 0 aromatic carbocycles. The van der Waals surface area contributed by atoms with E-state index in [0.717, 1.165) is 12.5 Å². The molecule has 0 saturated heterocycles. The zero-order valence-corrected chi connectivity index (χ0v) is 5.29. The molecule has 0 rings (SSSR count). The van der Waals surface area contributed by atoms with Gasteiger partial charge in [0, 0.05) is 6.42 Å². The molecule has 0 radical (unpaired) electrons. The van der Waals surface area contributed by atoms with E-state index in [1.165, 1.54) is 0 Å². The molecule has 0 spiro atoms. The van der Waals surface area contributed by atoms with E-state index >= 15 is 0 Å². The summed E-state index contributed by atoms with van der Waals surface area (Å²) in [6, 6.07) is 0. The summed E-state index contributed by atoms with van der Waals surface area (Å²) in [5.41, 5.74) is 0. The Labute approximate surface area is 53.6 Å². The van der Waals surface area contributed by atoms with Crippen molar-refractivity contribution in [2.45, 2.75) is 19.8 Å². The fraction of sp³-hybridized carbons (Fsp3) is 0.500. The van der Waals surface area contributed by atoms with Crippen molar-refractivity contribution >= 4 is 5.78 Å². The number of allylic oxidation sites excluding steroid dienone is 1. The van der Waals surface area contributed by atoms with Crippen LogP contribution in [0, 0.1) is 0 Å². The normalized spacial score (nSPS) is 8.56. The van der Waals surface area contributed by atoms with Gasteiger partial charge in [-0.2, -0.15) is 0 Å². The van der Waals surface area contributed by atoms with Crippen molar-refractivity contribution in [1.82, 2.24) is 0 Å². The van der Waals surface area contributed by atoms with Crippen molar-refractivity contribution < 1.29 is 15.0 Å². The lowest BCUT2D eigenvalue weighted by atomic mass is 10.2. The third-order valence-corrected chi connectivity index (χ3v) is 0.786. The van der Waals surface area contributed by atoms with Gasteiger partial charge in [0.15, 0.2) is 5.78 Å². The quantitative estimate of drug-likeness (QED) is 0.447. The molecule has 0 bridgehead atoms. The lowest BCUT2D eigenvalue weighted by molar-refractivity contribution is -0.114. The molecular weight excluding hydrogens is 120 g/mol. The number of carbonyl (C=O) groups is 1. The van der Waals surface area contributed by atoms with Gasteiger partial charge in [-0.3, -0.25) is 4.79 Å². The second-order valence-corrected chi connectivity index (χ2v) is 1.72. The first-order valence-electron chi connectivity index (χ1n) is 2.79. The molecule has 52 valence electrons. The van der Waals surface area contributed by atoms with Gasteiger partial charge in [0.05, 0.1) is 6.08 Å². The lowest BCUT2D eigenvalue weighted by Gasteiger charge is -1.87. The molecule has 0 aliphatic carbocycles. The number of hydrogen-bond donors (Lipinski definition) is 2. The van der Waals surface area contributed by atoms with E-state index < -0.39 is 5.95 Å². The molecule has 0 heterocycles. The first kappa shape index (κ1) is 8.01. The highest BCUT2D eigenvalue weighted by Crippen LogP contribution is 1.91. The number of hydrogen-bond acceptors (Lipinski definition) is 3. The highest BCUT2D eigenvalue weighted by molar-refractivity contribution is 5.89. The Morgan fingerprint density at radius 1 is 1.56 bits per heavy atom. The summed E-state index contributed by atoms with van der Waals surface area (Å²) in [6.07, 6.45) is 1.90. The van der Waals surface area contributed by atoms with Crippen molar-refractivity contribution in [3.63, 3.8) is 0 Å². The molecule has 0 amide bonds. The molecular formula is C6H10O3. The summed E-state index contributed by atoms with van der Waals surface area (Å²) < 4.78 is 0. The first-order valence-corrected chi connectivity index (χ1v) is 2.79. The zero-order chi connectivity index (χ0) is 7.28. The molecule has 9 heavy (non-hydrogen) atoms. The number of aliphatic hydroxyl groups is 2. The minimum atomic E-state index is -0.909. The van der Waals surface area contributed by atoms with Crippen LogP contribution in [0.4, 0.5) is 0 Å². The number of carbonyl (C=O) groups excluding carboxylic acids is 1. The Hall–Kier alpha value is -0.990. The highest BCUT2D eigenvalue weighted by Gasteiger charge is 1.95. The van der Waals surface area contributed by atoms with Crippen molar-refractivity contribution in [3.05, 3.63) is 12.0 Å². The molecule has 0 unspecified atom stereocenters. The molecule has 0 saturated carbocycles. The van der Waals surface area contributed by atoms with Crippen LogP contribution in [0.2, 0.25) is 0 Å². The summed E-state index contributed by atoms with van der Waals surface area (Å²) in [4.78, 5) is 10.5. The minimum absolute atomic E-state index is 0.252. The molecule has 0 aliphatic heterocycles. The van der Waals surface area contributed by atoms with E-state index in [1.54, 1.807) is 0 Å². The predicted molar refractivity (Wildman–Crippen MR) is 33.3 cm³/mol. The summed E-state index contributed by atoms with van der Waals surface area (Å²) >= 11 is 0. The third-order valence-electron chi connectivity index (χ3n) is 0.786. The fourth-order valence-electron chi connectivity index (χ4n) is 0.463. The topological polar surface area (TPSA) is 57.5 Å². The van der Waals surface area contributed by atoms with Gasteiger partial charge in [0.2, 0.25) is 0 Å². The average Bonchev–Trinajstić information content (AvgIpc) is 1.63. The van der Waals surface area contributed by atoms with Crippen LogP contribution in [-0.4, -0.2) is 16.0 Å². The highest BCUT2D eigenvalue weighted by atomic mass is 16.5. The van der Waals surface area contributed by atoms with Gasteiger partial charge in [-0.15, -0.1) is 0 Å². The second kappa shape index (κ2) is 3.95.